The summed E-state index contributed by atoms with van der Waals surface area (Å²) in [5.74, 6) is 0.169. The standard InChI is InChI=1S/C14H11Br2ClN2OS/c15-8-1-3-12(11(17)5-8)19-14(20)7-21-13-4-2-9(18)6-10(13)16/h1-6H,7,18H2,(H,19,20). The van der Waals surface area contributed by atoms with Crippen LogP contribution in [-0.2, 0) is 4.79 Å². The molecule has 0 aliphatic heterocycles. The quantitative estimate of drug-likeness (QED) is 0.499. The second-order valence-electron chi connectivity index (χ2n) is 4.15. The van der Waals surface area contributed by atoms with Crippen LogP contribution in [0, 0.1) is 0 Å². The SMILES string of the molecule is Nc1ccc(SCC(=O)Nc2ccc(Br)cc2Cl)c(Br)c1. The van der Waals surface area contributed by atoms with Gasteiger partial charge in [0.15, 0.2) is 0 Å². The maximum absolute atomic E-state index is 12.0. The van der Waals surface area contributed by atoms with Crippen molar-refractivity contribution in [3.05, 3.63) is 50.4 Å². The van der Waals surface area contributed by atoms with E-state index in [4.69, 9.17) is 17.3 Å². The van der Waals surface area contributed by atoms with Crippen LogP contribution in [0.25, 0.3) is 0 Å². The summed E-state index contributed by atoms with van der Waals surface area (Å²) in [5.41, 5.74) is 6.95. The highest BCUT2D eigenvalue weighted by Gasteiger charge is 2.08. The Kier molecular flexibility index (Phi) is 5.98. The van der Waals surface area contributed by atoms with Crippen molar-refractivity contribution in [3.8, 4) is 0 Å². The van der Waals surface area contributed by atoms with Crippen LogP contribution in [0.3, 0.4) is 0 Å². The largest absolute Gasteiger partial charge is 0.399 e. The third-order valence-electron chi connectivity index (χ3n) is 2.52. The van der Waals surface area contributed by atoms with Crippen molar-refractivity contribution in [1.29, 1.82) is 0 Å². The summed E-state index contributed by atoms with van der Waals surface area (Å²) in [6.07, 6.45) is 0. The van der Waals surface area contributed by atoms with Crippen molar-refractivity contribution in [2.24, 2.45) is 0 Å². The van der Waals surface area contributed by atoms with Crippen molar-refractivity contribution in [2.45, 2.75) is 4.90 Å². The van der Waals surface area contributed by atoms with Gasteiger partial charge in [0.2, 0.25) is 5.91 Å². The fourth-order valence-electron chi connectivity index (χ4n) is 1.55. The van der Waals surface area contributed by atoms with Crippen molar-refractivity contribution in [1.82, 2.24) is 0 Å². The molecule has 0 atom stereocenters. The highest BCUT2D eigenvalue weighted by atomic mass is 79.9. The monoisotopic (exact) mass is 448 g/mol. The van der Waals surface area contributed by atoms with Crippen molar-refractivity contribution >= 4 is 72.5 Å². The molecule has 2 rings (SSSR count). The van der Waals surface area contributed by atoms with E-state index >= 15 is 0 Å². The number of thioether (sulfide) groups is 1. The van der Waals surface area contributed by atoms with E-state index < -0.39 is 0 Å². The average Bonchev–Trinajstić information content (AvgIpc) is 2.41. The first-order valence-corrected chi connectivity index (χ1v) is 8.83. The van der Waals surface area contributed by atoms with E-state index in [9.17, 15) is 4.79 Å². The summed E-state index contributed by atoms with van der Waals surface area (Å²) in [4.78, 5) is 12.9. The van der Waals surface area contributed by atoms with Gasteiger partial charge in [-0.1, -0.05) is 27.5 Å². The molecular weight excluding hydrogens is 439 g/mol. The van der Waals surface area contributed by atoms with Crippen molar-refractivity contribution < 1.29 is 4.79 Å². The number of amides is 1. The van der Waals surface area contributed by atoms with Crippen LogP contribution in [0.1, 0.15) is 0 Å². The normalized spacial score (nSPS) is 10.4. The predicted octanol–water partition coefficient (Wildman–Crippen LogP) is 5.18. The van der Waals surface area contributed by atoms with Crippen LogP contribution in [0.2, 0.25) is 5.02 Å². The second-order valence-corrected chi connectivity index (χ2v) is 7.35. The number of hydrogen-bond acceptors (Lipinski definition) is 3. The van der Waals surface area contributed by atoms with Crippen molar-refractivity contribution in [2.75, 3.05) is 16.8 Å². The van der Waals surface area contributed by atoms with E-state index in [0.29, 0.717) is 16.4 Å². The first kappa shape index (κ1) is 16.7. The molecule has 0 aliphatic rings. The van der Waals surface area contributed by atoms with Crippen molar-refractivity contribution in [3.63, 3.8) is 0 Å². The fraction of sp³-hybridized carbons (Fsp3) is 0.0714. The second kappa shape index (κ2) is 7.54. The molecule has 2 aromatic rings. The minimum Gasteiger partial charge on any atom is -0.399 e. The molecule has 110 valence electrons. The highest BCUT2D eigenvalue weighted by molar-refractivity contribution is 9.10. The summed E-state index contributed by atoms with van der Waals surface area (Å²) in [6, 6.07) is 10.8. The number of nitrogen functional groups attached to an aromatic ring is 1. The van der Waals surface area contributed by atoms with Crippen LogP contribution in [0.4, 0.5) is 11.4 Å². The molecule has 7 heteroatoms. The smallest absolute Gasteiger partial charge is 0.234 e. The Morgan fingerprint density at radius 1 is 1.24 bits per heavy atom. The van der Waals surface area contributed by atoms with E-state index in [2.05, 4.69) is 37.2 Å². The number of nitrogens with one attached hydrogen (secondary N) is 1. The topological polar surface area (TPSA) is 55.1 Å². The summed E-state index contributed by atoms with van der Waals surface area (Å²) in [5, 5.41) is 3.28. The fourth-order valence-corrected chi connectivity index (χ4v) is 3.73. The Morgan fingerprint density at radius 3 is 2.67 bits per heavy atom. The molecule has 0 radical (unpaired) electrons. The molecule has 21 heavy (non-hydrogen) atoms. The Labute approximate surface area is 148 Å². The number of nitrogens with two attached hydrogens (primary N) is 1. The van der Waals surface area contributed by atoms with Gasteiger partial charge in [-0.15, -0.1) is 11.8 Å². The van der Waals surface area contributed by atoms with Gasteiger partial charge >= 0.3 is 0 Å². The van der Waals surface area contributed by atoms with Gasteiger partial charge in [0.1, 0.15) is 0 Å². The van der Waals surface area contributed by atoms with Gasteiger partial charge in [-0.3, -0.25) is 4.79 Å². The Balaban J connectivity index is 1.96. The minimum atomic E-state index is -0.118. The number of anilines is 2. The number of carbonyl (C=O) groups excluding carboxylic acids is 1. The molecule has 0 saturated heterocycles. The van der Waals surface area contributed by atoms with Gasteiger partial charge < -0.3 is 11.1 Å². The molecule has 3 N–H and O–H groups in total. The van der Waals surface area contributed by atoms with Gasteiger partial charge in [-0.05, 0) is 52.3 Å². The molecule has 0 bridgehead atoms. The maximum Gasteiger partial charge on any atom is 0.234 e. The summed E-state index contributed by atoms with van der Waals surface area (Å²) >= 11 is 14.2. The first-order chi connectivity index (χ1) is 9.95. The van der Waals surface area contributed by atoms with E-state index in [1.165, 1.54) is 11.8 Å². The molecule has 0 fully saturated rings. The van der Waals surface area contributed by atoms with Crippen LogP contribution in [0.15, 0.2) is 50.2 Å². The Bertz CT molecular complexity index is 682. The molecule has 0 aliphatic carbocycles. The van der Waals surface area contributed by atoms with Gasteiger partial charge in [0, 0.05) is 19.5 Å². The summed E-state index contributed by atoms with van der Waals surface area (Å²) in [6.45, 7) is 0. The zero-order valence-electron chi connectivity index (χ0n) is 10.7. The minimum absolute atomic E-state index is 0.118. The third-order valence-corrected chi connectivity index (χ3v) is 5.32. The van der Waals surface area contributed by atoms with Crippen LogP contribution in [0.5, 0.6) is 0 Å². The lowest BCUT2D eigenvalue weighted by molar-refractivity contribution is -0.113. The summed E-state index contributed by atoms with van der Waals surface area (Å²) < 4.78 is 1.74. The van der Waals surface area contributed by atoms with Gasteiger partial charge in [-0.25, -0.2) is 0 Å². The molecule has 0 aromatic heterocycles. The van der Waals surface area contributed by atoms with E-state index in [1.54, 1.807) is 18.2 Å². The Hall–Kier alpha value is -0.690. The molecular formula is C14H11Br2ClN2OS. The zero-order chi connectivity index (χ0) is 15.4. The molecule has 2 aromatic carbocycles. The van der Waals surface area contributed by atoms with E-state index in [0.717, 1.165) is 13.8 Å². The predicted molar refractivity (Wildman–Crippen MR) is 97.1 cm³/mol. The zero-order valence-corrected chi connectivity index (χ0v) is 15.4. The lowest BCUT2D eigenvalue weighted by Gasteiger charge is -2.08. The van der Waals surface area contributed by atoms with Crippen LogP contribution >= 0.6 is 55.2 Å². The number of benzene rings is 2. The van der Waals surface area contributed by atoms with E-state index in [1.807, 2.05) is 18.2 Å². The number of hydrogen-bond donors (Lipinski definition) is 2. The number of carbonyl (C=O) groups is 1. The van der Waals surface area contributed by atoms with Crippen LogP contribution < -0.4 is 11.1 Å². The van der Waals surface area contributed by atoms with E-state index in [-0.39, 0.29) is 11.7 Å². The van der Waals surface area contributed by atoms with Gasteiger partial charge in [0.25, 0.3) is 0 Å². The molecule has 0 saturated carbocycles. The number of halogens is 3. The summed E-state index contributed by atoms with van der Waals surface area (Å²) in [7, 11) is 0. The third kappa shape index (κ3) is 4.92. The highest BCUT2D eigenvalue weighted by Crippen LogP contribution is 2.30. The van der Waals surface area contributed by atoms with Gasteiger partial charge in [0.05, 0.1) is 16.5 Å². The molecule has 1 amide bonds. The lowest BCUT2D eigenvalue weighted by atomic mass is 10.3. The molecule has 3 nitrogen and oxygen atoms in total. The molecule has 0 spiro atoms. The van der Waals surface area contributed by atoms with Crippen LogP contribution in [-0.4, -0.2) is 11.7 Å². The molecule has 0 unspecified atom stereocenters. The average molecular weight is 451 g/mol. The van der Waals surface area contributed by atoms with Gasteiger partial charge in [-0.2, -0.15) is 0 Å². The lowest BCUT2D eigenvalue weighted by Crippen LogP contribution is -2.14. The first-order valence-electron chi connectivity index (χ1n) is 5.88. The Morgan fingerprint density at radius 2 is 2.00 bits per heavy atom. The maximum atomic E-state index is 12.0. The number of rotatable bonds is 4. The molecule has 0 heterocycles.